The quantitative estimate of drug-likeness (QED) is 0.746. The minimum Gasteiger partial charge on any atom is -0.485 e. The highest BCUT2D eigenvalue weighted by atomic mass is 32.2. The summed E-state index contributed by atoms with van der Waals surface area (Å²) in [5.74, 6) is 0.986. The Morgan fingerprint density at radius 1 is 1.39 bits per heavy atom. The van der Waals surface area contributed by atoms with Gasteiger partial charge >= 0.3 is 0 Å². The van der Waals surface area contributed by atoms with Gasteiger partial charge in [-0.05, 0) is 32.4 Å². The molecule has 7 heteroatoms. The highest BCUT2D eigenvalue weighted by molar-refractivity contribution is 8.00. The molecule has 1 aromatic heterocycles. The van der Waals surface area contributed by atoms with E-state index in [0.717, 1.165) is 41.3 Å². The van der Waals surface area contributed by atoms with Gasteiger partial charge in [-0.1, -0.05) is 35.2 Å². The molecule has 0 saturated carbocycles. The molecule has 0 fully saturated rings. The molecule has 3 rings (SSSR count). The van der Waals surface area contributed by atoms with Crippen molar-refractivity contribution < 1.29 is 4.74 Å². The number of fused-ring (bicyclic) bond motifs is 1. The number of hydrogen-bond donors (Lipinski definition) is 0. The van der Waals surface area contributed by atoms with E-state index < -0.39 is 0 Å². The first-order valence-corrected chi connectivity index (χ1v) is 9.79. The van der Waals surface area contributed by atoms with Crippen molar-refractivity contribution in [2.75, 3.05) is 37.8 Å². The van der Waals surface area contributed by atoms with Gasteiger partial charge < -0.3 is 9.64 Å². The molecule has 1 aliphatic rings. The normalized spacial score (nSPS) is 17.2. The molecule has 5 nitrogen and oxygen atoms in total. The molecule has 0 N–H and O–H groups in total. The van der Waals surface area contributed by atoms with Crippen LogP contribution in [0.2, 0.25) is 0 Å². The Bertz CT molecular complexity index is 649. The Hall–Kier alpha value is -1.31. The summed E-state index contributed by atoms with van der Waals surface area (Å²) in [6.07, 6.45) is 2.20. The zero-order valence-corrected chi connectivity index (χ0v) is 15.4. The molecule has 0 unspecified atom stereocenters. The SMILES string of the molecule is CCN1C[C@@H](CN(C)Cc2nnc(SC)s2)Oc2ccccc21. The Morgan fingerprint density at radius 3 is 2.96 bits per heavy atom. The molecule has 2 heterocycles. The second-order valence-electron chi connectivity index (χ2n) is 5.61. The van der Waals surface area contributed by atoms with Gasteiger partial charge in [0.05, 0.1) is 18.8 Å². The first-order valence-electron chi connectivity index (χ1n) is 7.75. The smallest absolute Gasteiger partial charge is 0.174 e. The van der Waals surface area contributed by atoms with Crippen LogP contribution in [-0.4, -0.2) is 54.1 Å². The van der Waals surface area contributed by atoms with Crippen LogP contribution in [0.4, 0.5) is 5.69 Å². The van der Waals surface area contributed by atoms with Gasteiger partial charge in [0.1, 0.15) is 16.9 Å². The van der Waals surface area contributed by atoms with Crippen molar-refractivity contribution >= 4 is 28.8 Å². The molecule has 2 aromatic rings. The zero-order valence-electron chi connectivity index (χ0n) is 13.7. The lowest BCUT2D eigenvalue weighted by Gasteiger charge is -2.37. The number of para-hydroxylation sites is 2. The summed E-state index contributed by atoms with van der Waals surface area (Å²) in [5, 5.41) is 9.45. The third-order valence-electron chi connectivity index (χ3n) is 3.85. The van der Waals surface area contributed by atoms with E-state index in [4.69, 9.17) is 4.74 Å². The Labute approximate surface area is 145 Å². The van der Waals surface area contributed by atoms with E-state index in [1.165, 1.54) is 5.69 Å². The van der Waals surface area contributed by atoms with Gasteiger partial charge in [0.25, 0.3) is 0 Å². The van der Waals surface area contributed by atoms with Crippen LogP contribution in [0.1, 0.15) is 11.9 Å². The van der Waals surface area contributed by atoms with Crippen molar-refractivity contribution in [2.45, 2.75) is 23.9 Å². The van der Waals surface area contributed by atoms with Crippen LogP contribution in [0.15, 0.2) is 28.6 Å². The third-order valence-corrected chi connectivity index (χ3v) is 5.73. The molecular formula is C16H22N4OS2. The number of nitrogens with zero attached hydrogens (tertiary/aromatic N) is 4. The van der Waals surface area contributed by atoms with Crippen molar-refractivity contribution in [3.05, 3.63) is 29.3 Å². The van der Waals surface area contributed by atoms with E-state index in [1.54, 1.807) is 23.1 Å². The summed E-state index contributed by atoms with van der Waals surface area (Å²) < 4.78 is 7.20. The maximum absolute atomic E-state index is 6.18. The van der Waals surface area contributed by atoms with Gasteiger partial charge in [0.15, 0.2) is 4.34 Å². The highest BCUT2D eigenvalue weighted by Gasteiger charge is 2.25. The summed E-state index contributed by atoms with van der Waals surface area (Å²) in [6, 6.07) is 8.28. The third kappa shape index (κ3) is 3.97. The molecule has 1 aromatic carbocycles. The standard InChI is InChI=1S/C16H22N4OS2/c1-4-20-10-12(21-14-8-6-5-7-13(14)20)9-19(2)11-15-17-18-16(22-3)23-15/h5-8,12H,4,9-11H2,1-3H3/t12-/m1/s1. The average molecular weight is 351 g/mol. The lowest BCUT2D eigenvalue weighted by molar-refractivity contribution is 0.139. The van der Waals surface area contributed by atoms with Gasteiger partial charge in [0, 0.05) is 13.1 Å². The number of likely N-dealkylation sites (N-methyl/N-ethyl adjacent to an activating group) is 2. The molecule has 0 bridgehead atoms. The van der Waals surface area contributed by atoms with Crippen molar-refractivity contribution in [3.63, 3.8) is 0 Å². The van der Waals surface area contributed by atoms with Crippen LogP contribution >= 0.6 is 23.1 Å². The van der Waals surface area contributed by atoms with Crippen LogP contribution in [-0.2, 0) is 6.54 Å². The fourth-order valence-corrected chi connectivity index (χ4v) is 4.20. The zero-order chi connectivity index (χ0) is 16.2. The van der Waals surface area contributed by atoms with Crippen LogP contribution in [0.3, 0.4) is 0 Å². The number of thioether (sulfide) groups is 1. The van der Waals surface area contributed by atoms with Gasteiger partial charge in [-0.25, -0.2) is 0 Å². The summed E-state index contributed by atoms with van der Waals surface area (Å²) in [4.78, 5) is 4.64. The molecule has 0 aliphatic carbocycles. The molecule has 1 atom stereocenters. The predicted molar refractivity (Wildman–Crippen MR) is 96.8 cm³/mol. The van der Waals surface area contributed by atoms with Crippen molar-refractivity contribution in [2.24, 2.45) is 0 Å². The predicted octanol–water partition coefficient (Wildman–Crippen LogP) is 2.98. The van der Waals surface area contributed by atoms with Gasteiger partial charge in [-0.15, -0.1) is 10.2 Å². The number of ether oxygens (including phenoxy) is 1. The van der Waals surface area contributed by atoms with E-state index >= 15 is 0 Å². The molecule has 1 aliphatic heterocycles. The second kappa shape index (κ2) is 7.51. The van der Waals surface area contributed by atoms with E-state index in [9.17, 15) is 0 Å². The lowest BCUT2D eigenvalue weighted by atomic mass is 10.2. The van der Waals surface area contributed by atoms with Gasteiger partial charge in [-0.3, -0.25) is 4.90 Å². The number of aromatic nitrogens is 2. The second-order valence-corrected chi connectivity index (χ2v) is 7.72. The number of hydrogen-bond acceptors (Lipinski definition) is 7. The van der Waals surface area contributed by atoms with Gasteiger partial charge in [-0.2, -0.15) is 0 Å². The minimum absolute atomic E-state index is 0.169. The maximum Gasteiger partial charge on any atom is 0.174 e. The van der Waals surface area contributed by atoms with Crippen molar-refractivity contribution in [1.29, 1.82) is 0 Å². The molecular weight excluding hydrogens is 328 g/mol. The van der Waals surface area contributed by atoms with E-state index in [0.29, 0.717) is 0 Å². The van der Waals surface area contributed by atoms with Crippen LogP contribution in [0.25, 0.3) is 0 Å². The maximum atomic E-state index is 6.18. The summed E-state index contributed by atoms with van der Waals surface area (Å²) >= 11 is 3.31. The average Bonchev–Trinajstić information content (AvgIpc) is 3.01. The monoisotopic (exact) mass is 350 g/mol. The number of anilines is 1. The van der Waals surface area contributed by atoms with Crippen LogP contribution in [0.5, 0.6) is 5.75 Å². The first kappa shape index (κ1) is 16.5. The summed E-state index contributed by atoms with van der Waals surface area (Å²) in [6.45, 7) is 5.79. The first-order chi connectivity index (χ1) is 11.2. The van der Waals surface area contributed by atoms with Crippen molar-refractivity contribution in [1.82, 2.24) is 15.1 Å². The fourth-order valence-electron chi connectivity index (χ4n) is 2.80. The topological polar surface area (TPSA) is 41.5 Å². The molecule has 0 saturated heterocycles. The minimum atomic E-state index is 0.169. The van der Waals surface area contributed by atoms with Crippen LogP contribution in [0, 0.1) is 0 Å². The Morgan fingerprint density at radius 2 is 2.22 bits per heavy atom. The number of benzene rings is 1. The molecule has 124 valence electrons. The summed E-state index contributed by atoms with van der Waals surface area (Å²) in [5.41, 5.74) is 1.20. The molecule has 0 amide bonds. The Kier molecular flexibility index (Phi) is 5.40. The molecule has 0 spiro atoms. The van der Waals surface area contributed by atoms with Crippen molar-refractivity contribution in [3.8, 4) is 5.75 Å². The van der Waals surface area contributed by atoms with E-state index in [1.807, 2.05) is 12.3 Å². The Balaban J connectivity index is 1.62. The summed E-state index contributed by atoms with van der Waals surface area (Å²) in [7, 11) is 2.11. The molecule has 0 radical (unpaired) electrons. The van der Waals surface area contributed by atoms with E-state index in [-0.39, 0.29) is 6.10 Å². The van der Waals surface area contributed by atoms with Gasteiger partial charge in [0.2, 0.25) is 0 Å². The lowest BCUT2D eigenvalue weighted by Crippen LogP contribution is -2.45. The van der Waals surface area contributed by atoms with Crippen LogP contribution < -0.4 is 9.64 Å². The highest BCUT2D eigenvalue weighted by Crippen LogP contribution is 2.33. The molecule has 23 heavy (non-hydrogen) atoms. The number of rotatable bonds is 6. The van der Waals surface area contributed by atoms with E-state index in [2.05, 4.69) is 52.2 Å². The largest absolute Gasteiger partial charge is 0.485 e. The fraction of sp³-hybridized carbons (Fsp3) is 0.500.